The zero-order chi connectivity index (χ0) is 17.5. The van der Waals surface area contributed by atoms with E-state index in [-0.39, 0.29) is 5.91 Å². The molecule has 0 radical (unpaired) electrons. The quantitative estimate of drug-likeness (QED) is 0.804. The lowest BCUT2D eigenvalue weighted by molar-refractivity contribution is -0.125. The number of aromatic nitrogens is 2. The number of anilines is 1. The molecule has 0 unspecified atom stereocenters. The zero-order valence-corrected chi connectivity index (χ0v) is 13.9. The molecule has 1 amide bonds. The number of nitrogens with zero attached hydrogens (tertiary/aromatic N) is 5. The Morgan fingerprint density at radius 3 is 2.76 bits per heavy atom. The number of pyridine rings is 2. The third-order valence-electron chi connectivity index (χ3n) is 4.10. The summed E-state index contributed by atoms with van der Waals surface area (Å²) in [4.78, 5) is 24.8. The molecular formula is C19H19N5O. The Hall–Kier alpha value is -3.20. The molecule has 3 heterocycles. The van der Waals surface area contributed by atoms with Crippen LogP contribution in [-0.4, -0.2) is 47.0 Å². The summed E-state index contributed by atoms with van der Waals surface area (Å²) in [6, 6.07) is 11.3. The number of rotatable bonds is 3. The first-order chi connectivity index (χ1) is 12.3. The molecule has 3 rings (SSSR count). The van der Waals surface area contributed by atoms with Gasteiger partial charge in [0.2, 0.25) is 5.91 Å². The van der Waals surface area contributed by atoms with Crippen LogP contribution >= 0.6 is 0 Å². The maximum atomic E-state index is 12.4. The predicted octanol–water partition coefficient (Wildman–Crippen LogP) is 2.10. The van der Waals surface area contributed by atoms with Crippen molar-refractivity contribution >= 4 is 17.8 Å². The van der Waals surface area contributed by atoms with Crippen LogP contribution in [0.25, 0.3) is 6.08 Å². The van der Waals surface area contributed by atoms with Gasteiger partial charge in [-0.15, -0.1) is 0 Å². The fourth-order valence-electron chi connectivity index (χ4n) is 2.82. The van der Waals surface area contributed by atoms with Gasteiger partial charge in [0.1, 0.15) is 11.9 Å². The molecule has 2 aromatic heterocycles. The Balaban J connectivity index is 1.64. The average molecular weight is 333 g/mol. The first-order valence-corrected chi connectivity index (χ1v) is 8.26. The summed E-state index contributed by atoms with van der Waals surface area (Å²) >= 11 is 0. The molecule has 0 aliphatic carbocycles. The van der Waals surface area contributed by atoms with E-state index in [1.807, 2.05) is 23.1 Å². The van der Waals surface area contributed by atoms with E-state index < -0.39 is 0 Å². The van der Waals surface area contributed by atoms with Gasteiger partial charge in [-0.2, -0.15) is 5.26 Å². The summed E-state index contributed by atoms with van der Waals surface area (Å²) in [5.41, 5.74) is 1.33. The van der Waals surface area contributed by atoms with Crippen LogP contribution in [0.2, 0.25) is 0 Å². The van der Waals surface area contributed by atoms with E-state index in [4.69, 9.17) is 0 Å². The van der Waals surface area contributed by atoms with Gasteiger partial charge in [0.25, 0.3) is 0 Å². The number of amides is 1. The van der Waals surface area contributed by atoms with E-state index in [1.54, 1.807) is 36.7 Å². The maximum Gasteiger partial charge on any atom is 0.246 e. The normalized spacial score (nSPS) is 15.0. The number of carbonyl (C=O) groups excluding carboxylic acids is 1. The minimum atomic E-state index is -0.0194. The standard InChI is InChI=1S/C19H19N5O/c20-15-16-5-3-10-22-19(16)24-12-4-11-23(13-14-24)18(25)8-7-17-6-1-2-9-21-17/h1-3,5-10H,4,11-14H2. The number of hydrogen-bond acceptors (Lipinski definition) is 5. The minimum Gasteiger partial charge on any atom is -0.354 e. The minimum absolute atomic E-state index is 0.0194. The Labute approximate surface area is 147 Å². The highest BCUT2D eigenvalue weighted by Crippen LogP contribution is 2.18. The van der Waals surface area contributed by atoms with Gasteiger partial charge in [0.05, 0.1) is 11.3 Å². The van der Waals surface area contributed by atoms with Crippen LogP contribution < -0.4 is 4.90 Å². The van der Waals surface area contributed by atoms with Gasteiger partial charge in [-0.25, -0.2) is 4.98 Å². The SMILES string of the molecule is N#Cc1cccnc1N1CCCN(C(=O)C=Cc2ccccn2)CC1. The van der Waals surface area contributed by atoms with Crippen molar-refractivity contribution in [3.05, 3.63) is 60.1 Å². The van der Waals surface area contributed by atoms with Gasteiger partial charge in [-0.3, -0.25) is 9.78 Å². The largest absolute Gasteiger partial charge is 0.354 e. The van der Waals surface area contributed by atoms with Crippen LogP contribution in [0.1, 0.15) is 17.7 Å². The van der Waals surface area contributed by atoms with Crippen molar-refractivity contribution in [3.63, 3.8) is 0 Å². The Morgan fingerprint density at radius 1 is 1.08 bits per heavy atom. The van der Waals surface area contributed by atoms with Crippen LogP contribution in [0.3, 0.4) is 0 Å². The van der Waals surface area contributed by atoms with Crippen LogP contribution in [0.5, 0.6) is 0 Å². The monoisotopic (exact) mass is 333 g/mol. The van der Waals surface area contributed by atoms with Crippen molar-refractivity contribution in [2.75, 3.05) is 31.1 Å². The molecule has 1 aliphatic heterocycles. The fraction of sp³-hybridized carbons (Fsp3) is 0.263. The van der Waals surface area contributed by atoms with Crippen molar-refractivity contribution in [3.8, 4) is 6.07 Å². The lowest BCUT2D eigenvalue weighted by Gasteiger charge is -2.22. The van der Waals surface area contributed by atoms with Crippen molar-refractivity contribution in [2.45, 2.75) is 6.42 Å². The Kier molecular flexibility index (Phi) is 5.37. The third-order valence-corrected chi connectivity index (χ3v) is 4.10. The van der Waals surface area contributed by atoms with E-state index in [9.17, 15) is 10.1 Å². The number of carbonyl (C=O) groups is 1. The van der Waals surface area contributed by atoms with E-state index >= 15 is 0 Å². The molecule has 0 N–H and O–H groups in total. The lowest BCUT2D eigenvalue weighted by atomic mass is 10.2. The molecule has 1 fully saturated rings. The molecule has 1 saturated heterocycles. The third kappa shape index (κ3) is 4.21. The molecule has 0 bridgehead atoms. The predicted molar refractivity (Wildman–Crippen MR) is 95.6 cm³/mol. The molecule has 0 atom stereocenters. The lowest BCUT2D eigenvalue weighted by Crippen LogP contribution is -2.34. The molecule has 6 heteroatoms. The zero-order valence-electron chi connectivity index (χ0n) is 13.9. The average Bonchev–Trinajstić information content (AvgIpc) is 2.93. The molecular weight excluding hydrogens is 314 g/mol. The van der Waals surface area contributed by atoms with Crippen molar-refractivity contribution in [1.29, 1.82) is 5.26 Å². The van der Waals surface area contributed by atoms with Crippen molar-refractivity contribution < 1.29 is 4.79 Å². The molecule has 1 aliphatic rings. The first kappa shape index (κ1) is 16.7. The van der Waals surface area contributed by atoms with Crippen molar-refractivity contribution in [1.82, 2.24) is 14.9 Å². The van der Waals surface area contributed by atoms with E-state index in [0.29, 0.717) is 31.0 Å². The summed E-state index contributed by atoms with van der Waals surface area (Å²) in [6.45, 7) is 2.73. The summed E-state index contributed by atoms with van der Waals surface area (Å²) < 4.78 is 0. The molecule has 0 aromatic carbocycles. The second kappa shape index (κ2) is 8.06. The summed E-state index contributed by atoms with van der Waals surface area (Å²) in [7, 11) is 0. The molecule has 126 valence electrons. The van der Waals surface area contributed by atoms with E-state index in [1.165, 1.54) is 0 Å². The first-order valence-electron chi connectivity index (χ1n) is 8.26. The van der Waals surface area contributed by atoms with Gasteiger partial charge >= 0.3 is 0 Å². The summed E-state index contributed by atoms with van der Waals surface area (Å²) in [6.07, 6.45) is 7.54. The number of hydrogen-bond donors (Lipinski definition) is 0. The molecule has 25 heavy (non-hydrogen) atoms. The van der Waals surface area contributed by atoms with Crippen LogP contribution in [0.4, 0.5) is 5.82 Å². The van der Waals surface area contributed by atoms with Gasteiger partial charge in [0, 0.05) is 44.6 Å². The molecule has 6 nitrogen and oxygen atoms in total. The van der Waals surface area contributed by atoms with E-state index in [2.05, 4.69) is 20.9 Å². The highest BCUT2D eigenvalue weighted by atomic mass is 16.2. The second-order valence-corrected chi connectivity index (χ2v) is 5.74. The Morgan fingerprint density at radius 2 is 1.96 bits per heavy atom. The van der Waals surface area contributed by atoms with Crippen molar-refractivity contribution in [2.24, 2.45) is 0 Å². The van der Waals surface area contributed by atoms with Crippen LogP contribution in [-0.2, 0) is 4.79 Å². The molecule has 0 saturated carbocycles. The number of nitriles is 1. The molecule has 2 aromatic rings. The van der Waals surface area contributed by atoms with Crippen LogP contribution in [0.15, 0.2) is 48.8 Å². The van der Waals surface area contributed by atoms with E-state index in [0.717, 1.165) is 18.7 Å². The van der Waals surface area contributed by atoms with Gasteiger partial charge in [-0.1, -0.05) is 6.07 Å². The topological polar surface area (TPSA) is 73.1 Å². The van der Waals surface area contributed by atoms with Crippen LogP contribution in [0, 0.1) is 11.3 Å². The van der Waals surface area contributed by atoms with Gasteiger partial charge in [-0.05, 0) is 36.8 Å². The van der Waals surface area contributed by atoms with Gasteiger partial charge in [0.15, 0.2) is 0 Å². The van der Waals surface area contributed by atoms with Gasteiger partial charge < -0.3 is 9.80 Å². The molecule has 0 spiro atoms. The Bertz CT molecular complexity index is 797. The smallest absolute Gasteiger partial charge is 0.246 e. The highest BCUT2D eigenvalue weighted by Gasteiger charge is 2.20. The highest BCUT2D eigenvalue weighted by molar-refractivity contribution is 5.91. The summed E-state index contributed by atoms with van der Waals surface area (Å²) in [5, 5.41) is 9.24. The second-order valence-electron chi connectivity index (χ2n) is 5.74. The fourth-order valence-corrected chi connectivity index (χ4v) is 2.82. The maximum absolute atomic E-state index is 12.4. The summed E-state index contributed by atoms with van der Waals surface area (Å²) in [5.74, 6) is 0.678.